The third-order valence-corrected chi connectivity index (χ3v) is 5.85. The molecule has 1 saturated heterocycles. The number of hydrogen-bond acceptors (Lipinski definition) is 4. The van der Waals surface area contributed by atoms with Crippen molar-refractivity contribution < 1.29 is 31.9 Å². The summed E-state index contributed by atoms with van der Waals surface area (Å²) < 4.78 is 60.6. The summed E-state index contributed by atoms with van der Waals surface area (Å²) in [6.45, 7) is 1.56. The summed E-state index contributed by atoms with van der Waals surface area (Å²) in [5, 5.41) is 9.73. The van der Waals surface area contributed by atoms with Crippen LogP contribution in [-0.4, -0.2) is 39.9 Å². The van der Waals surface area contributed by atoms with E-state index in [0.29, 0.717) is 16.9 Å². The van der Waals surface area contributed by atoms with Gasteiger partial charge >= 0.3 is 6.18 Å². The van der Waals surface area contributed by atoms with Gasteiger partial charge in [-0.15, -0.1) is 5.10 Å². The van der Waals surface area contributed by atoms with E-state index in [1.807, 2.05) is 0 Å². The van der Waals surface area contributed by atoms with Crippen LogP contribution in [0, 0.1) is 11.7 Å². The monoisotopic (exact) mass is 504 g/mol. The van der Waals surface area contributed by atoms with Crippen LogP contribution in [0.3, 0.4) is 0 Å². The Morgan fingerprint density at radius 1 is 1.17 bits per heavy atom. The summed E-state index contributed by atoms with van der Waals surface area (Å²) in [5.74, 6) is -1.64. The van der Waals surface area contributed by atoms with Crippen LogP contribution >= 0.6 is 0 Å². The van der Waals surface area contributed by atoms with Gasteiger partial charge in [-0.2, -0.15) is 13.2 Å². The first-order valence-corrected chi connectivity index (χ1v) is 11.2. The van der Waals surface area contributed by atoms with E-state index in [-0.39, 0.29) is 36.2 Å². The Labute approximate surface area is 204 Å². The Kier molecular flexibility index (Phi) is 6.85. The standard InChI is InChI=1S/C25H24F4N4O3/c1-24(2,25(27,28)29)36-14-15-8-16(10-18(26)9-15)20-12-21(31-23(35)17-11-22(34)30-13-17)32-33(20)19-6-4-3-5-7-19/h3-10,12,17H,11,13-14H2,1-2H3,(H,30,34)(H,31,32,35)/t17-/m1/s1. The van der Waals surface area contributed by atoms with E-state index in [4.69, 9.17) is 4.74 Å². The number of carbonyl (C=O) groups excluding carboxylic acids is 2. The number of alkyl halides is 3. The fourth-order valence-electron chi connectivity index (χ4n) is 3.66. The lowest BCUT2D eigenvalue weighted by molar-refractivity contribution is -0.267. The molecule has 36 heavy (non-hydrogen) atoms. The predicted molar refractivity (Wildman–Crippen MR) is 124 cm³/mol. The van der Waals surface area contributed by atoms with E-state index in [1.165, 1.54) is 22.9 Å². The molecule has 0 unspecified atom stereocenters. The molecular weight excluding hydrogens is 480 g/mol. The Hall–Kier alpha value is -3.73. The van der Waals surface area contributed by atoms with Crippen LogP contribution in [0.5, 0.6) is 0 Å². The van der Waals surface area contributed by atoms with Crippen molar-refractivity contribution in [3.8, 4) is 16.9 Å². The molecule has 0 spiro atoms. The highest BCUT2D eigenvalue weighted by Gasteiger charge is 2.48. The molecule has 4 rings (SSSR count). The Bertz CT molecular complexity index is 1270. The van der Waals surface area contributed by atoms with Gasteiger partial charge in [0.1, 0.15) is 5.82 Å². The largest absolute Gasteiger partial charge is 0.416 e. The number of nitrogens with one attached hydrogen (secondary N) is 2. The highest BCUT2D eigenvalue weighted by Crippen LogP contribution is 2.34. The highest BCUT2D eigenvalue weighted by atomic mass is 19.4. The average molecular weight is 504 g/mol. The van der Waals surface area contributed by atoms with Gasteiger partial charge in [-0.05, 0) is 49.7 Å². The SMILES string of the molecule is CC(C)(OCc1cc(F)cc(-c2cc(NC(=O)[C@H]3CNC(=O)C3)nn2-c2ccccc2)c1)C(F)(F)F. The maximum atomic E-state index is 14.5. The van der Waals surface area contributed by atoms with Gasteiger partial charge < -0.3 is 15.4 Å². The fraction of sp³-hybridized carbons (Fsp3) is 0.320. The van der Waals surface area contributed by atoms with Crippen molar-refractivity contribution in [3.63, 3.8) is 0 Å². The average Bonchev–Trinajstić information content (AvgIpc) is 3.44. The fourth-order valence-corrected chi connectivity index (χ4v) is 3.66. The molecular formula is C25H24F4N4O3. The van der Waals surface area contributed by atoms with Crippen LogP contribution < -0.4 is 10.6 Å². The van der Waals surface area contributed by atoms with Gasteiger partial charge in [0.15, 0.2) is 11.4 Å². The molecule has 190 valence electrons. The first kappa shape index (κ1) is 25.4. The minimum atomic E-state index is -4.60. The van der Waals surface area contributed by atoms with Crippen LogP contribution in [0.2, 0.25) is 0 Å². The summed E-state index contributed by atoms with van der Waals surface area (Å²) in [6.07, 6.45) is -4.53. The van der Waals surface area contributed by atoms with E-state index < -0.39 is 30.1 Å². The number of rotatable bonds is 7. The molecule has 1 aromatic heterocycles. The van der Waals surface area contributed by atoms with Gasteiger partial charge in [-0.1, -0.05) is 18.2 Å². The molecule has 1 atom stereocenters. The minimum Gasteiger partial charge on any atom is -0.361 e. The third kappa shape index (κ3) is 5.56. The number of ether oxygens (including phenoxy) is 1. The zero-order valence-corrected chi connectivity index (χ0v) is 19.5. The van der Waals surface area contributed by atoms with Gasteiger partial charge in [-0.3, -0.25) is 9.59 Å². The molecule has 0 aliphatic carbocycles. The van der Waals surface area contributed by atoms with Crippen molar-refractivity contribution in [2.45, 2.75) is 38.7 Å². The quantitative estimate of drug-likeness (QED) is 0.461. The molecule has 1 aliphatic rings. The Balaban J connectivity index is 1.67. The summed E-state index contributed by atoms with van der Waals surface area (Å²) in [6, 6.07) is 14.3. The Morgan fingerprint density at radius 3 is 2.53 bits per heavy atom. The maximum Gasteiger partial charge on any atom is 0.416 e. The number of amides is 2. The minimum absolute atomic E-state index is 0.0691. The summed E-state index contributed by atoms with van der Waals surface area (Å²) in [5.41, 5.74) is -0.879. The molecule has 2 N–H and O–H groups in total. The second kappa shape index (κ2) is 9.73. The van der Waals surface area contributed by atoms with Crippen molar-refractivity contribution in [3.05, 3.63) is 66.0 Å². The van der Waals surface area contributed by atoms with E-state index in [0.717, 1.165) is 19.9 Å². The van der Waals surface area contributed by atoms with Crippen LogP contribution in [0.4, 0.5) is 23.4 Å². The topological polar surface area (TPSA) is 85.2 Å². The van der Waals surface area contributed by atoms with Crippen molar-refractivity contribution in [2.75, 3.05) is 11.9 Å². The highest BCUT2D eigenvalue weighted by molar-refractivity contribution is 5.97. The molecule has 2 aromatic carbocycles. The van der Waals surface area contributed by atoms with Gasteiger partial charge in [-0.25, -0.2) is 9.07 Å². The zero-order chi connectivity index (χ0) is 26.1. The lowest BCUT2D eigenvalue weighted by Gasteiger charge is -2.28. The van der Waals surface area contributed by atoms with Crippen molar-refractivity contribution >= 4 is 17.6 Å². The van der Waals surface area contributed by atoms with Crippen molar-refractivity contribution in [2.24, 2.45) is 5.92 Å². The lowest BCUT2D eigenvalue weighted by Crippen LogP contribution is -2.41. The number of anilines is 1. The normalized spacial score (nSPS) is 16.2. The smallest absolute Gasteiger partial charge is 0.361 e. The van der Waals surface area contributed by atoms with Crippen molar-refractivity contribution in [1.82, 2.24) is 15.1 Å². The lowest BCUT2D eigenvalue weighted by atomic mass is 10.1. The molecule has 2 heterocycles. The van der Waals surface area contributed by atoms with Crippen LogP contribution in [-0.2, 0) is 20.9 Å². The predicted octanol–water partition coefficient (Wildman–Crippen LogP) is 4.61. The molecule has 1 aliphatic heterocycles. The molecule has 7 nitrogen and oxygen atoms in total. The van der Waals surface area contributed by atoms with Crippen molar-refractivity contribution in [1.29, 1.82) is 0 Å². The van der Waals surface area contributed by atoms with Crippen LogP contribution in [0.1, 0.15) is 25.8 Å². The molecule has 0 bridgehead atoms. The molecule has 11 heteroatoms. The number of hydrogen-bond donors (Lipinski definition) is 2. The Morgan fingerprint density at radius 2 is 1.89 bits per heavy atom. The molecule has 1 fully saturated rings. The number of aromatic nitrogens is 2. The van der Waals surface area contributed by atoms with E-state index in [9.17, 15) is 27.2 Å². The second-order valence-electron chi connectivity index (χ2n) is 9.00. The van der Waals surface area contributed by atoms with E-state index in [2.05, 4.69) is 15.7 Å². The third-order valence-electron chi connectivity index (χ3n) is 5.85. The summed E-state index contributed by atoms with van der Waals surface area (Å²) >= 11 is 0. The number of benzene rings is 2. The molecule has 0 radical (unpaired) electrons. The summed E-state index contributed by atoms with van der Waals surface area (Å²) in [4.78, 5) is 24.1. The number of nitrogens with zero attached hydrogens (tertiary/aromatic N) is 2. The zero-order valence-electron chi connectivity index (χ0n) is 19.5. The van der Waals surface area contributed by atoms with Crippen LogP contribution in [0.15, 0.2) is 54.6 Å². The molecule has 2 amide bonds. The van der Waals surface area contributed by atoms with E-state index >= 15 is 0 Å². The molecule has 3 aromatic rings. The summed E-state index contributed by atoms with van der Waals surface area (Å²) in [7, 11) is 0. The first-order valence-electron chi connectivity index (χ1n) is 11.2. The second-order valence-corrected chi connectivity index (χ2v) is 9.00. The number of para-hydroxylation sites is 1. The maximum absolute atomic E-state index is 14.5. The number of carbonyl (C=O) groups is 2. The molecule has 0 saturated carbocycles. The van der Waals surface area contributed by atoms with Gasteiger partial charge in [0.25, 0.3) is 0 Å². The van der Waals surface area contributed by atoms with Gasteiger partial charge in [0, 0.05) is 24.6 Å². The first-order chi connectivity index (χ1) is 16.9. The van der Waals surface area contributed by atoms with E-state index in [1.54, 1.807) is 30.3 Å². The van der Waals surface area contributed by atoms with Gasteiger partial charge in [0.05, 0.1) is 23.9 Å². The van der Waals surface area contributed by atoms with Gasteiger partial charge in [0.2, 0.25) is 11.8 Å². The number of halogens is 4. The van der Waals surface area contributed by atoms with Crippen LogP contribution in [0.25, 0.3) is 16.9 Å².